The molecule has 0 aliphatic carbocycles. The summed E-state index contributed by atoms with van der Waals surface area (Å²) in [5, 5.41) is 23.4. The summed E-state index contributed by atoms with van der Waals surface area (Å²) < 4.78 is 0. The van der Waals surface area contributed by atoms with Gasteiger partial charge < -0.3 is 0 Å². The second-order valence-corrected chi connectivity index (χ2v) is 9.18. The topological polar surface area (TPSA) is 71.6 Å². The van der Waals surface area contributed by atoms with E-state index in [0.29, 0.717) is 11.4 Å². The molecule has 5 rings (SSSR count). The number of anilines is 1. The first-order valence-corrected chi connectivity index (χ1v) is 11.6. The van der Waals surface area contributed by atoms with Gasteiger partial charge in [-0.05, 0) is 29.1 Å². The van der Waals surface area contributed by atoms with Gasteiger partial charge in [0, 0.05) is 34.5 Å². The lowest BCUT2D eigenvalue weighted by Gasteiger charge is -2.21. The third-order valence-corrected chi connectivity index (χ3v) is 7.03. The molecule has 1 aliphatic heterocycles. The Kier molecular flexibility index (Phi) is 5.27. The van der Waals surface area contributed by atoms with Crippen molar-refractivity contribution in [3.63, 3.8) is 0 Å². The van der Waals surface area contributed by atoms with Gasteiger partial charge in [0.25, 0.3) is 5.69 Å². The Morgan fingerprint density at radius 2 is 1.84 bits per heavy atom. The second kappa shape index (κ2) is 8.22. The van der Waals surface area contributed by atoms with Crippen LogP contribution in [0.3, 0.4) is 0 Å². The molecule has 0 N–H and O–H groups in total. The van der Waals surface area contributed by atoms with Crippen LogP contribution in [0, 0.1) is 10.1 Å². The van der Waals surface area contributed by atoms with Gasteiger partial charge in [0.1, 0.15) is 0 Å². The lowest BCUT2D eigenvalue weighted by Crippen LogP contribution is -2.18. The van der Waals surface area contributed by atoms with Gasteiger partial charge in [-0.1, -0.05) is 41.9 Å². The average molecular weight is 467 g/mol. The Morgan fingerprint density at radius 1 is 1.06 bits per heavy atom. The molecule has 1 atom stereocenters. The van der Waals surface area contributed by atoms with Gasteiger partial charge in [0.2, 0.25) is 5.13 Å². The zero-order chi connectivity index (χ0) is 21.4. The molecule has 3 heterocycles. The maximum atomic E-state index is 11.0. The van der Waals surface area contributed by atoms with E-state index in [2.05, 4.69) is 6.07 Å². The van der Waals surface area contributed by atoms with Crippen LogP contribution in [0.2, 0.25) is 5.02 Å². The van der Waals surface area contributed by atoms with Crippen LogP contribution in [0.15, 0.2) is 76.5 Å². The Bertz CT molecular complexity index is 1250. The van der Waals surface area contributed by atoms with Crippen molar-refractivity contribution in [3.8, 4) is 11.3 Å². The molecule has 6 nitrogen and oxygen atoms in total. The third kappa shape index (κ3) is 3.97. The van der Waals surface area contributed by atoms with Gasteiger partial charge in [-0.3, -0.25) is 10.1 Å². The minimum atomic E-state index is -0.386. The minimum absolute atomic E-state index is 0.0759. The van der Waals surface area contributed by atoms with Crippen molar-refractivity contribution >= 4 is 50.8 Å². The monoisotopic (exact) mass is 466 g/mol. The van der Waals surface area contributed by atoms with Crippen molar-refractivity contribution in [2.75, 3.05) is 5.01 Å². The van der Waals surface area contributed by atoms with Crippen LogP contribution in [-0.4, -0.2) is 15.6 Å². The zero-order valence-electron chi connectivity index (χ0n) is 16.0. The smallest absolute Gasteiger partial charge is 0.258 e. The van der Waals surface area contributed by atoms with E-state index in [0.717, 1.165) is 32.5 Å². The molecule has 0 spiro atoms. The number of nitro groups is 1. The number of rotatable bonds is 5. The fourth-order valence-corrected chi connectivity index (χ4v) is 5.16. The maximum absolute atomic E-state index is 11.0. The van der Waals surface area contributed by atoms with Gasteiger partial charge in [-0.2, -0.15) is 5.10 Å². The van der Waals surface area contributed by atoms with Crippen molar-refractivity contribution in [2.24, 2.45) is 5.10 Å². The summed E-state index contributed by atoms with van der Waals surface area (Å²) in [6.45, 7) is 0. The van der Waals surface area contributed by atoms with Gasteiger partial charge in [0.05, 0.1) is 27.2 Å². The van der Waals surface area contributed by atoms with Crippen LogP contribution in [0.1, 0.15) is 22.9 Å². The van der Waals surface area contributed by atoms with Crippen molar-refractivity contribution in [1.82, 2.24) is 4.98 Å². The van der Waals surface area contributed by atoms with Crippen molar-refractivity contribution < 1.29 is 4.92 Å². The van der Waals surface area contributed by atoms with Crippen LogP contribution in [-0.2, 0) is 0 Å². The summed E-state index contributed by atoms with van der Waals surface area (Å²) in [6, 6.07) is 18.2. The average Bonchev–Trinajstić information content (AvgIpc) is 3.54. The van der Waals surface area contributed by atoms with Gasteiger partial charge in [-0.15, -0.1) is 22.7 Å². The molecule has 0 bridgehead atoms. The zero-order valence-corrected chi connectivity index (χ0v) is 18.4. The molecule has 0 amide bonds. The molecule has 4 aromatic rings. The molecular weight excluding hydrogens is 452 g/mol. The standard InChI is InChI=1S/C22H15ClN4O2S2/c23-16-7-3-14(4-8-16)19-13-31-22(24-19)26-20(12-18(25-26)21-2-1-11-30-21)15-5-9-17(10-6-15)27(28)29/h1-11,13,20H,12H2/t20-/m1/s1. The lowest BCUT2D eigenvalue weighted by molar-refractivity contribution is -0.384. The van der Waals surface area contributed by atoms with Crippen molar-refractivity contribution in [1.29, 1.82) is 0 Å². The van der Waals surface area contributed by atoms with Crippen molar-refractivity contribution in [3.05, 3.63) is 97.0 Å². The van der Waals surface area contributed by atoms with E-state index in [9.17, 15) is 10.1 Å². The number of hydrogen-bond donors (Lipinski definition) is 0. The molecule has 0 radical (unpaired) electrons. The summed E-state index contributed by atoms with van der Waals surface area (Å²) in [7, 11) is 0. The first kappa shape index (κ1) is 19.9. The molecule has 31 heavy (non-hydrogen) atoms. The Balaban J connectivity index is 1.51. The predicted molar refractivity (Wildman–Crippen MR) is 126 cm³/mol. The third-order valence-electron chi connectivity index (χ3n) is 5.03. The number of halogens is 1. The van der Waals surface area contributed by atoms with E-state index in [4.69, 9.17) is 21.7 Å². The largest absolute Gasteiger partial charge is 0.269 e. The highest BCUT2D eigenvalue weighted by Crippen LogP contribution is 2.40. The lowest BCUT2D eigenvalue weighted by atomic mass is 10.0. The molecule has 154 valence electrons. The molecule has 0 fully saturated rings. The molecule has 0 saturated heterocycles. The predicted octanol–water partition coefficient (Wildman–Crippen LogP) is 6.79. The molecule has 2 aromatic carbocycles. The van der Waals surface area contributed by atoms with Crippen molar-refractivity contribution in [2.45, 2.75) is 12.5 Å². The first-order chi connectivity index (χ1) is 15.1. The van der Waals surface area contributed by atoms with E-state index in [1.54, 1.807) is 23.5 Å². The number of nitrogens with zero attached hydrogens (tertiary/aromatic N) is 4. The minimum Gasteiger partial charge on any atom is -0.258 e. The van der Waals surface area contributed by atoms with Crippen LogP contribution in [0.25, 0.3) is 11.3 Å². The SMILES string of the molecule is O=[N+]([O-])c1ccc([C@H]2CC(c3cccs3)=NN2c2nc(-c3ccc(Cl)cc3)cs2)cc1. The maximum Gasteiger partial charge on any atom is 0.269 e. The highest BCUT2D eigenvalue weighted by Gasteiger charge is 2.32. The summed E-state index contributed by atoms with van der Waals surface area (Å²) in [4.78, 5) is 16.6. The summed E-state index contributed by atoms with van der Waals surface area (Å²) >= 11 is 9.18. The molecule has 2 aromatic heterocycles. The normalized spacial score (nSPS) is 15.8. The van der Waals surface area contributed by atoms with Crippen LogP contribution in [0.5, 0.6) is 0 Å². The Morgan fingerprint density at radius 3 is 2.52 bits per heavy atom. The Hall–Kier alpha value is -3.07. The van der Waals surface area contributed by atoms with E-state index in [1.165, 1.54) is 23.5 Å². The number of non-ortho nitro benzene ring substituents is 1. The number of thiophene rings is 1. The van der Waals surface area contributed by atoms with Crippen LogP contribution < -0.4 is 5.01 Å². The number of benzene rings is 2. The van der Waals surface area contributed by atoms with Gasteiger partial charge >= 0.3 is 0 Å². The number of aromatic nitrogens is 1. The highest BCUT2D eigenvalue weighted by atomic mass is 35.5. The number of nitro benzene ring substituents is 1. The first-order valence-electron chi connectivity index (χ1n) is 9.45. The van der Waals surface area contributed by atoms with E-state index >= 15 is 0 Å². The summed E-state index contributed by atoms with van der Waals surface area (Å²) in [5.41, 5.74) is 3.87. The fraction of sp³-hybridized carbons (Fsp3) is 0.0909. The highest BCUT2D eigenvalue weighted by molar-refractivity contribution is 7.14. The van der Waals surface area contributed by atoms with Gasteiger partial charge in [0.15, 0.2) is 0 Å². The van der Waals surface area contributed by atoms with Crippen LogP contribution in [0.4, 0.5) is 10.8 Å². The van der Waals surface area contributed by atoms with E-state index in [1.807, 2.05) is 46.1 Å². The summed E-state index contributed by atoms with van der Waals surface area (Å²) in [6.07, 6.45) is 0.703. The quantitative estimate of drug-likeness (QED) is 0.240. The van der Waals surface area contributed by atoms with Gasteiger partial charge in [-0.25, -0.2) is 9.99 Å². The molecule has 0 unspecified atom stereocenters. The second-order valence-electron chi connectivity index (χ2n) is 6.96. The fourth-order valence-electron chi connectivity index (χ4n) is 3.48. The summed E-state index contributed by atoms with van der Waals surface area (Å²) in [5.74, 6) is 0. The number of hydrogen-bond acceptors (Lipinski definition) is 7. The molecule has 9 heteroatoms. The van der Waals surface area contributed by atoms with Crippen LogP contribution >= 0.6 is 34.3 Å². The van der Waals surface area contributed by atoms with E-state index in [-0.39, 0.29) is 16.7 Å². The number of hydrazone groups is 1. The molecule has 0 saturated carbocycles. The Labute approximate surface area is 191 Å². The molecule has 1 aliphatic rings. The van der Waals surface area contributed by atoms with E-state index < -0.39 is 0 Å². The number of thiazole rings is 1. The molecular formula is C22H15ClN4O2S2.